The number of amides is 1. The van der Waals surface area contributed by atoms with E-state index in [0.29, 0.717) is 16.6 Å². The van der Waals surface area contributed by atoms with Gasteiger partial charge in [0, 0.05) is 31.9 Å². The largest absolute Gasteiger partial charge is 0.341 e. The van der Waals surface area contributed by atoms with E-state index < -0.39 is 0 Å². The molecule has 1 aromatic carbocycles. The van der Waals surface area contributed by atoms with Gasteiger partial charge in [0.1, 0.15) is 0 Å². The molecule has 0 aliphatic carbocycles. The average molecular weight is 354 g/mol. The van der Waals surface area contributed by atoms with Crippen molar-refractivity contribution in [1.29, 1.82) is 0 Å². The van der Waals surface area contributed by atoms with Crippen LogP contribution in [0.25, 0.3) is 0 Å². The minimum Gasteiger partial charge on any atom is -0.341 e. The molecule has 0 radical (unpaired) electrons. The highest BCUT2D eigenvalue weighted by Gasteiger charge is 2.25. The molecule has 1 aromatic heterocycles. The molecule has 0 aliphatic rings. The van der Waals surface area contributed by atoms with Crippen molar-refractivity contribution in [2.45, 2.75) is 33.2 Å². The third kappa shape index (κ3) is 3.54. The van der Waals surface area contributed by atoms with Crippen LogP contribution in [0.15, 0.2) is 18.2 Å². The second-order valence-electron chi connectivity index (χ2n) is 5.84. The molecule has 0 aliphatic heterocycles. The smallest absolute Gasteiger partial charge is 0.230 e. The van der Waals surface area contributed by atoms with Crippen molar-refractivity contribution in [1.82, 2.24) is 14.7 Å². The predicted molar refractivity (Wildman–Crippen MR) is 94.0 cm³/mol. The lowest BCUT2D eigenvalue weighted by atomic mass is 9.97. The zero-order valence-corrected chi connectivity index (χ0v) is 15.5. The van der Waals surface area contributed by atoms with Crippen LogP contribution in [0.3, 0.4) is 0 Å². The van der Waals surface area contributed by atoms with Crippen LogP contribution in [0, 0.1) is 13.8 Å². The van der Waals surface area contributed by atoms with E-state index >= 15 is 0 Å². The first kappa shape index (κ1) is 17.8. The minimum absolute atomic E-state index is 0.0280. The standard InChI is InChI=1S/C17H21Cl2N3O/c1-10(15-11(2)20-22(5)12(15)3)17(23)21(4)9-13-7-6-8-14(18)16(13)19/h6-8,10H,9H2,1-5H3/t10-/m0/s1. The van der Waals surface area contributed by atoms with E-state index in [9.17, 15) is 4.79 Å². The van der Waals surface area contributed by atoms with E-state index in [1.165, 1.54) is 0 Å². The summed E-state index contributed by atoms with van der Waals surface area (Å²) in [6.07, 6.45) is 0. The molecule has 0 N–H and O–H groups in total. The fourth-order valence-electron chi connectivity index (χ4n) is 2.87. The number of carbonyl (C=O) groups is 1. The Morgan fingerprint density at radius 3 is 2.57 bits per heavy atom. The fraction of sp³-hybridized carbons (Fsp3) is 0.412. The summed E-state index contributed by atoms with van der Waals surface area (Å²) < 4.78 is 1.81. The van der Waals surface area contributed by atoms with Crippen molar-refractivity contribution in [2.24, 2.45) is 7.05 Å². The molecule has 0 unspecified atom stereocenters. The summed E-state index contributed by atoms with van der Waals surface area (Å²) in [7, 11) is 3.66. The van der Waals surface area contributed by atoms with E-state index in [1.54, 1.807) is 18.0 Å². The number of hydrogen-bond acceptors (Lipinski definition) is 2. The van der Waals surface area contributed by atoms with Gasteiger partial charge in [-0.3, -0.25) is 9.48 Å². The van der Waals surface area contributed by atoms with Gasteiger partial charge >= 0.3 is 0 Å². The van der Waals surface area contributed by atoms with Crippen LogP contribution in [0.2, 0.25) is 10.0 Å². The number of aryl methyl sites for hydroxylation is 2. The zero-order valence-electron chi connectivity index (χ0n) is 14.0. The lowest BCUT2D eigenvalue weighted by Crippen LogP contribution is -2.30. The number of carbonyl (C=O) groups excluding carboxylic acids is 1. The Morgan fingerprint density at radius 2 is 2.00 bits per heavy atom. The van der Waals surface area contributed by atoms with Crippen LogP contribution in [0.5, 0.6) is 0 Å². The second-order valence-corrected chi connectivity index (χ2v) is 6.62. The van der Waals surface area contributed by atoms with Crippen LogP contribution >= 0.6 is 23.2 Å². The van der Waals surface area contributed by atoms with E-state index in [1.807, 2.05) is 44.6 Å². The molecule has 2 rings (SSSR count). The van der Waals surface area contributed by atoms with Crippen molar-refractivity contribution in [3.05, 3.63) is 50.8 Å². The van der Waals surface area contributed by atoms with Crippen LogP contribution in [-0.2, 0) is 18.4 Å². The third-order valence-corrected chi connectivity index (χ3v) is 5.04. The van der Waals surface area contributed by atoms with Gasteiger partial charge in [-0.15, -0.1) is 0 Å². The van der Waals surface area contributed by atoms with Gasteiger partial charge in [0.15, 0.2) is 0 Å². The number of aromatic nitrogens is 2. The first-order chi connectivity index (χ1) is 10.7. The maximum atomic E-state index is 12.8. The summed E-state index contributed by atoms with van der Waals surface area (Å²) in [5.74, 6) is -0.230. The van der Waals surface area contributed by atoms with Crippen molar-refractivity contribution >= 4 is 29.1 Å². The van der Waals surface area contributed by atoms with E-state index in [4.69, 9.17) is 23.2 Å². The maximum absolute atomic E-state index is 12.8. The van der Waals surface area contributed by atoms with Gasteiger partial charge in [0.25, 0.3) is 0 Å². The SMILES string of the molecule is Cc1nn(C)c(C)c1[C@H](C)C(=O)N(C)Cc1cccc(Cl)c1Cl. The van der Waals surface area contributed by atoms with Crippen molar-refractivity contribution in [3.63, 3.8) is 0 Å². The Bertz CT molecular complexity index is 740. The Balaban J connectivity index is 2.20. The summed E-state index contributed by atoms with van der Waals surface area (Å²) in [6, 6.07) is 5.45. The Labute approximate surface area is 147 Å². The van der Waals surface area contributed by atoms with E-state index in [-0.39, 0.29) is 11.8 Å². The van der Waals surface area contributed by atoms with Gasteiger partial charge in [0.05, 0.1) is 21.7 Å². The molecule has 0 bridgehead atoms. The number of likely N-dealkylation sites (N-methyl/N-ethyl adjacent to an activating group) is 1. The molecule has 1 heterocycles. The topological polar surface area (TPSA) is 38.1 Å². The molecule has 2 aromatic rings. The second kappa shape index (κ2) is 6.93. The maximum Gasteiger partial charge on any atom is 0.230 e. The molecular formula is C17H21Cl2N3O. The normalized spacial score (nSPS) is 12.3. The van der Waals surface area contributed by atoms with Gasteiger partial charge in [0.2, 0.25) is 5.91 Å². The first-order valence-electron chi connectivity index (χ1n) is 7.42. The molecule has 124 valence electrons. The fourth-order valence-corrected chi connectivity index (χ4v) is 3.25. The molecule has 0 spiro atoms. The number of nitrogens with zero attached hydrogens (tertiary/aromatic N) is 3. The molecule has 0 fully saturated rings. The highest BCUT2D eigenvalue weighted by molar-refractivity contribution is 6.42. The van der Waals surface area contributed by atoms with E-state index in [2.05, 4.69) is 5.10 Å². The van der Waals surface area contributed by atoms with Crippen LogP contribution < -0.4 is 0 Å². The third-order valence-electron chi connectivity index (χ3n) is 4.18. The summed E-state index contributed by atoms with van der Waals surface area (Å²) in [6.45, 7) is 6.24. The highest BCUT2D eigenvalue weighted by Crippen LogP contribution is 2.28. The lowest BCUT2D eigenvalue weighted by molar-refractivity contribution is -0.131. The molecule has 23 heavy (non-hydrogen) atoms. The number of hydrogen-bond donors (Lipinski definition) is 0. The van der Waals surface area contributed by atoms with Gasteiger partial charge in [-0.1, -0.05) is 35.3 Å². The van der Waals surface area contributed by atoms with Gasteiger partial charge in [-0.05, 0) is 32.4 Å². The van der Waals surface area contributed by atoms with Crippen molar-refractivity contribution < 1.29 is 4.79 Å². The molecule has 4 nitrogen and oxygen atoms in total. The number of rotatable bonds is 4. The lowest BCUT2D eigenvalue weighted by Gasteiger charge is -2.22. The average Bonchev–Trinajstić information content (AvgIpc) is 2.75. The van der Waals surface area contributed by atoms with Crippen LogP contribution in [0.4, 0.5) is 0 Å². The zero-order chi connectivity index (χ0) is 17.3. The Kier molecular flexibility index (Phi) is 5.37. The Hall–Kier alpha value is -1.52. The molecule has 0 saturated carbocycles. The summed E-state index contributed by atoms with van der Waals surface area (Å²) >= 11 is 12.2. The predicted octanol–water partition coefficient (Wildman–Crippen LogP) is 4.11. The summed E-state index contributed by atoms with van der Waals surface area (Å²) in [4.78, 5) is 14.4. The molecule has 0 saturated heterocycles. The van der Waals surface area contributed by atoms with E-state index in [0.717, 1.165) is 22.5 Å². The summed E-state index contributed by atoms with van der Waals surface area (Å²) in [5.41, 5.74) is 3.72. The number of benzene rings is 1. The monoisotopic (exact) mass is 353 g/mol. The van der Waals surface area contributed by atoms with Crippen LogP contribution in [-0.4, -0.2) is 27.6 Å². The molecule has 1 atom stereocenters. The quantitative estimate of drug-likeness (QED) is 0.829. The molecule has 1 amide bonds. The van der Waals surface area contributed by atoms with Gasteiger partial charge < -0.3 is 4.90 Å². The molecular weight excluding hydrogens is 333 g/mol. The Morgan fingerprint density at radius 1 is 1.35 bits per heavy atom. The highest BCUT2D eigenvalue weighted by atomic mass is 35.5. The van der Waals surface area contributed by atoms with Gasteiger partial charge in [-0.25, -0.2) is 0 Å². The first-order valence-corrected chi connectivity index (χ1v) is 8.17. The van der Waals surface area contributed by atoms with Crippen LogP contribution in [0.1, 0.15) is 35.4 Å². The minimum atomic E-state index is -0.258. The summed E-state index contributed by atoms with van der Waals surface area (Å²) in [5, 5.41) is 5.38. The molecule has 6 heteroatoms. The van der Waals surface area contributed by atoms with Crippen molar-refractivity contribution in [3.8, 4) is 0 Å². The van der Waals surface area contributed by atoms with Gasteiger partial charge in [-0.2, -0.15) is 5.10 Å². The number of halogens is 2. The van der Waals surface area contributed by atoms with Crippen molar-refractivity contribution in [2.75, 3.05) is 7.05 Å².